The number of carbonyl (C=O) groups excluding carboxylic acids is 1. The quantitative estimate of drug-likeness (QED) is 0.0692. The molecule has 1 heterocycles. The summed E-state index contributed by atoms with van der Waals surface area (Å²) in [5, 5.41) is 0.383. The summed E-state index contributed by atoms with van der Waals surface area (Å²) in [4.78, 5) is 12.6. The predicted molar refractivity (Wildman–Crippen MR) is 139 cm³/mol. The first-order chi connectivity index (χ1) is 19.3. The van der Waals surface area contributed by atoms with Gasteiger partial charge in [-0.05, 0) is 55.3 Å². The minimum atomic E-state index is -4.98. The summed E-state index contributed by atoms with van der Waals surface area (Å²) in [5.41, 5.74) is 1.37. The van der Waals surface area contributed by atoms with E-state index in [2.05, 4.69) is 8.37 Å². The molecule has 0 fully saturated rings. The van der Waals surface area contributed by atoms with E-state index in [-0.39, 0.29) is 107 Å². The molecule has 0 bridgehead atoms. The molecule has 0 saturated heterocycles. The summed E-state index contributed by atoms with van der Waals surface area (Å²) in [5.74, 6) is -0.382. The van der Waals surface area contributed by atoms with Gasteiger partial charge in [0.25, 0.3) is 20.8 Å². The van der Waals surface area contributed by atoms with Crippen LogP contribution >= 0.6 is 0 Å². The monoisotopic (exact) mass is 652 g/mol. The van der Waals surface area contributed by atoms with Crippen LogP contribution < -0.4 is 77.0 Å². The van der Waals surface area contributed by atoms with Crippen LogP contribution in [-0.2, 0) is 38.7 Å². The van der Waals surface area contributed by atoms with Crippen molar-refractivity contribution in [3.8, 4) is 23.0 Å². The molecule has 0 aliphatic rings. The van der Waals surface area contributed by atoms with Crippen molar-refractivity contribution >= 4 is 37.7 Å². The Kier molecular flexibility index (Phi) is 13.4. The zero-order chi connectivity index (χ0) is 29.8. The molecule has 0 atom stereocenters. The van der Waals surface area contributed by atoms with E-state index in [0.717, 1.165) is 0 Å². The average molecular weight is 653 g/mol. The van der Waals surface area contributed by atoms with Crippen molar-refractivity contribution in [2.24, 2.45) is 0 Å². The van der Waals surface area contributed by atoms with Gasteiger partial charge in [-0.25, -0.2) is 21.6 Å². The van der Waals surface area contributed by atoms with E-state index >= 15 is 0 Å². The number of hydrogen-bond donors (Lipinski definition) is 0. The van der Waals surface area contributed by atoms with Crippen LogP contribution in [0.25, 0.3) is 11.0 Å². The van der Waals surface area contributed by atoms with Crippen LogP contribution in [0.4, 0.5) is 0 Å². The fourth-order valence-corrected chi connectivity index (χ4v) is 4.52. The third kappa shape index (κ3) is 10.7. The number of fused-ring (bicyclic) bond motifs is 1. The first kappa shape index (κ1) is 36.9. The molecule has 218 valence electrons. The summed E-state index contributed by atoms with van der Waals surface area (Å²) in [6, 6.07) is 14.3. The second kappa shape index (κ2) is 15.6. The SMILES string of the molecule is CCOC(=O)c1c(C)oc2cc(OCc3cccc(OS(=O)(=O)[O-])c3)c(OCc3cccc(OS(=O)(=O)[O-])c3)cc12.[Na+].[Na+]. The van der Waals surface area contributed by atoms with Crippen molar-refractivity contribution in [3.05, 3.63) is 83.1 Å². The molecule has 0 saturated carbocycles. The number of hydrogen-bond acceptors (Lipinski definition) is 13. The van der Waals surface area contributed by atoms with Gasteiger partial charge in [-0.15, -0.1) is 0 Å². The average Bonchev–Trinajstić information content (AvgIpc) is 3.19. The van der Waals surface area contributed by atoms with Gasteiger partial charge in [0, 0.05) is 11.5 Å². The number of esters is 1. The molecule has 17 heteroatoms. The molecular weight excluding hydrogens is 630 g/mol. The van der Waals surface area contributed by atoms with Crippen LogP contribution in [0.2, 0.25) is 0 Å². The van der Waals surface area contributed by atoms with Crippen LogP contribution in [0.3, 0.4) is 0 Å². The molecule has 0 N–H and O–H groups in total. The van der Waals surface area contributed by atoms with Gasteiger partial charge in [-0.1, -0.05) is 24.3 Å². The molecule has 0 unspecified atom stereocenters. The first-order valence-electron chi connectivity index (χ1n) is 11.8. The first-order valence-corrected chi connectivity index (χ1v) is 14.5. The maximum atomic E-state index is 12.6. The van der Waals surface area contributed by atoms with Gasteiger partial charge in [0.15, 0.2) is 11.5 Å². The molecule has 4 rings (SSSR count). The molecule has 0 spiro atoms. The van der Waals surface area contributed by atoms with Crippen molar-refractivity contribution in [2.75, 3.05) is 6.61 Å². The second-order valence-corrected chi connectivity index (χ2v) is 10.4. The molecule has 0 radical (unpaired) electrons. The van der Waals surface area contributed by atoms with Gasteiger partial charge in [-0.2, -0.15) is 0 Å². The summed E-state index contributed by atoms with van der Waals surface area (Å²) >= 11 is 0. The number of rotatable bonds is 12. The third-order valence-corrected chi connectivity index (χ3v) is 6.19. The summed E-state index contributed by atoms with van der Waals surface area (Å²) in [6.07, 6.45) is 0. The van der Waals surface area contributed by atoms with Crippen molar-refractivity contribution in [1.29, 1.82) is 0 Å². The van der Waals surface area contributed by atoms with Crippen molar-refractivity contribution < 1.29 is 117 Å². The number of aryl methyl sites for hydroxylation is 1. The Labute approximate surface area is 291 Å². The van der Waals surface area contributed by atoms with Gasteiger partial charge in [0.05, 0.1) is 6.61 Å². The van der Waals surface area contributed by atoms with Gasteiger partial charge >= 0.3 is 65.1 Å². The third-order valence-electron chi connectivity index (χ3n) is 5.39. The minimum Gasteiger partial charge on any atom is -0.716 e. The smallest absolute Gasteiger partial charge is 0.716 e. The van der Waals surface area contributed by atoms with E-state index in [1.807, 2.05) is 0 Å². The molecule has 0 aliphatic heterocycles. The summed E-state index contributed by atoms with van der Waals surface area (Å²) in [6.45, 7) is 3.15. The van der Waals surface area contributed by atoms with Gasteiger partial charge in [0.2, 0.25) is 0 Å². The molecular formula is C26H22Na2O13S2. The molecule has 1 aromatic heterocycles. The van der Waals surface area contributed by atoms with Crippen LogP contribution in [0.5, 0.6) is 23.0 Å². The van der Waals surface area contributed by atoms with E-state index in [4.69, 9.17) is 18.6 Å². The Morgan fingerprint density at radius 2 is 1.28 bits per heavy atom. The number of carbonyl (C=O) groups is 1. The number of benzene rings is 3. The van der Waals surface area contributed by atoms with E-state index < -0.39 is 26.8 Å². The maximum Gasteiger partial charge on any atom is 1.00 e. The maximum absolute atomic E-state index is 12.6. The molecule has 3 aromatic carbocycles. The van der Waals surface area contributed by atoms with Crippen molar-refractivity contribution in [2.45, 2.75) is 27.1 Å². The second-order valence-electron chi connectivity index (χ2n) is 8.40. The van der Waals surface area contributed by atoms with Gasteiger partial charge in [0.1, 0.15) is 41.6 Å². The number of furan rings is 1. The Bertz CT molecular complexity index is 1800. The summed E-state index contributed by atoms with van der Waals surface area (Å²) in [7, 11) is -9.95. The van der Waals surface area contributed by atoms with E-state index in [1.54, 1.807) is 26.0 Å². The molecule has 4 aromatic rings. The van der Waals surface area contributed by atoms with E-state index in [0.29, 0.717) is 27.9 Å². The largest absolute Gasteiger partial charge is 1.00 e. The minimum absolute atomic E-state index is 0. The topological polar surface area (TPSA) is 191 Å². The Morgan fingerprint density at radius 1 is 0.791 bits per heavy atom. The Hall–Kier alpha value is -2.31. The predicted octanol–water partition coefficient (Wildman–Crippen LogP) is -2.24. The van der Waals surface area contributed by atoms with Crippen LogP contribution in [0.1, 0.15) is 34.2 Å². The van der Waals surface area contributed by atoms with Gasteiger partial charge in [-0.3, -0.25) is 0 Å². The standard InChI is InChI=1S/C26H24O13S2.2Na/c1-3-34-26(27)25-16(2)37-22-13-24(36-15-18-7-5-9-20(11-18)39-41(31,32)33)23(12-21(22)25)35-14-17-6-4-8-19(10-17)38-40(28,29)30;;/h4-13H,3,14-15H2,1-2H3,(H,28,29,30)(H,31,32,33);;/q;2*+1/p-2. The van der Waals surface area contributed by atoms with E-state index in [9.17, 15) is 30.7 Å². The zero-order valence-corrected chi connectivity index (χ0v) is 29.2. The zero-order valence-electron chi connectivity index (χ0n) is 23.5. The Morgan fingerprint density at radius 3 is 1.74 bits per heavy atom. The summed E-state index contributed by atoms with van der Waals surface area (Å²) < 4.78 is 97.2. The fourth-order valence-electron chi connectivity index (χ4n) is 3.84. The fraction of sp³-hybridized carbons (Fsp3) is 0.192. The molecule has 43 heavy (non-hydrogen) atoms. The normalized spacial score (nSPS) is 11.2. The van der Waals surface area contributed by atoms with Crippen LogP contribution in [0, 0.1) is 6.92 Å². The number of ether oxygens (including phenoxy) is 3. The Balaban J connectivity index is 0.00000323. The van der Waals surface area contributed by atoms with Crippen LogP contribution in [0.15, 0.2) is 65.1 Å². The van der Waals surface area contributed by atoms with E-state index in [1.165, 1.54) is 48.5 Å². The van der Waals surface area contributed by atoms with Crippen molar-refractivity contribution in [1.82, 2.24) is 0 Å². The molecule has 13 nitrogen and oxygen atoms in total. The van der Waals surface area contributed by atoms with Crippen molar-refractivity contribution in [3.63, 3.8) is 0 Å². The van der Waals surface area contributed by atoms with Gasteiger partial charge < -0.3 is 36.1 Å². The molecule has 0 amide bonds. The van der Waals surface area contributed by atoms with Crippen LogP contribution in [-0.4, -0.2) is 38.5 Å². The molecule has 0 aliphatic carbocycles.